The Morgan fingerprint density at radius 1 is 1.24 bits per heavy atom. The molecule has 152 valence electrons. The largest absolute Gasteiger partial charge is 0.497 e. The Balaban J connectivity index is 1.65. The summed E-state index contributed by atoms with van der Waals surface area (Å²) in [6.45, 7) is 1.86. The summed E-state index contributed by atoms with van der Waals surface area (Å²) in [4.78, 5) is 12.4. The molecule has 3 aromatic rings. The fourth-order valence-corrected chi connectivity index (χ4v) is 3.41. The van der Waals surface area contributed by atoms with Crippen LogP contribution < -0.4 is 14.8 Å². The summed E-state index contributed by atoms with van der Waals surface area (Å²) in [7, 11) is 3.15. The molecule has 1 atom stereocenters. The lowest BCUT2D eigenvalue weighted by Crippen LogP contribution is -2.28. The molecule has 0 spiro atoms. The summed E-state index contributed by atoms with van der Waals surface area (Å²) >= 11 is 1.15. The second kappa shape index (κ2) is 9.37. The minimum atomic E-state index is -0.396. The molecule has 0 aliphatic rings. The van der Waals surface area contributed by atoms with Crippen LogP contribution in [0.15, 0.2) is 47.6 Å². The number of hydrogen-bond donors (Lipinski definition) is 1. The molecule has 0 radical (unpaired) electrons. The van der Waals surface area contributed by atoms with Gasteiger partial charge in [-0.05, 0) is 53.7 Å². The minimum Gasteiger partial charge on any atom is -0.497 e. The van der Waals surface area contributed by atoms with Crippen molar-refractivity contribution >= 4 is 17.7 Å². The summed E-state index contributed by atoms with van der Waals surface area (Å²) in [6.07, 6.45) is 0. The van der Waals surface area contributed by atoms with Crippen LogP contribution in [0.3, 0.4) is 0 Å². The van der Waals surface area contributed by atoms with Crippen LogP contribution >= 0.6 is 11.8 Å². The molecule has 1 aromatic heterocycles. The van der Waals surface area contributed by atoms with Crippen LogP contribution in [0, 0.1) is 5.82 Å². The van der Waals surface area contributed by atoms with Gasteiger partial charge in [0.2, 0.25) is 11.1 Å². The molecular formula is C19H20FN5O3S. The number of ether oxygens (including phenoxy) is 2. The summed E-state index contributed by atoms with van der Waals surface area (Å²) < 4.78 is 25.5. The van der Waals surface area contributed by atoms with Crippen molar-refractivity contribution < 1.29 is 18.7 Å². The molecule has 0 aliphatic heterocycles. The van der Waals surface area contributed by atoms with Crippen LogP contribution in [0.4, 0.5) is 4.39 Å². The fourth-order valence-electron chi connectivity index (χ4n) is 2.71. The summed E-state index contributed by atoms with van der Waals surface area (Å²) in [6, 6.07) is 11.0. The highest BCUT2D eigenvalue weighted by Crippen LogP contribution is 2.29. The van der Waals surface area contributed by atoms with Gasteiger partial charge in [-0.15, -0.1) is 5.10 Å². The maximum atomic E-state index is 13.5. The van der Waals surface area contributed by atoms with E-state index in [1.54, 1.807) is 38.5 Å². The van der Waals surface area contributed by atoms with Gasteiger partial charge in [-0.25, -0.2) is 4.39 Å². The zero-order valence-electron chi connectivity index (χ0n) is 16.1. The van der Waals surface area contributed by atoms with E-state index in [2.05, 4.69) is 20.8 Å². The van der Waals surface area contributed by atoms with Gasteiger partial charge in [0.25, 0.3) is 0 Å². The van der Waals surface area contributed by atoms with Gasteiger partial charge >= 0.3 is 0 Å². The van der Waals surface area contributed by atoms with E-state index in [-0.39, 0.29) is 17.7 Å². The van der Waals surface area contributed by atoms with E-state index in [9.17, 15) is 9.18 Å². The predicted molar refractivity (Wildman–Crippen MR) is 106 cm³/mol. The quantitative estimate of drug-likeness (QED) is 0.564. The molecule has 1 N–H and O–H groups in total. The Kier molecular flexibility index (Phi) is 6.65. The van der Waals surface area contributed by atoms with Gasteiger partial charge < -0.3 is 14.8 Å². The number of nitrogens with one attached hydrogen (secondary N) is 1. The average molecular weight is 417 g/mol. The molecular weight excluding hydrogens is 397 g/mol. The van der Waals surface area contributed by atoms with E-state index in [1.807, 2.05) is 13.0 Å². The lowest BCUT2D eigenvalue weighted by Gasteiger charge is -2.18. The van der Waals surface area contributed by atoms with Crippen LogP contribution in [0.25, 0.3) is 5.69 Å². The Bertz CT molecular complexity index is 997. The summed E-state index contributed by atoms with van der Waals surface area (Å²) in [5.74, 6) is 0.813. The molecule has 0 aliphatic carbocycles. The molecule has 10 heteroatoms. The third-order valence-corrected chi connectivity index (χ3v) is 5.03. The average Bonchev–Trinajstić information content (AvgIpc) is 3.20. The van der Waals surface area contributed by atoms with Crippen LogP contribution in [0.5, 0.6) is 11.5 Å². The van der Waals surface area contributed by atoms with Crippen molar-refractivity contribution in [3.05, 3.63) is 53.8 Å². The number of aromatic nitrogens is 4. The van der Waals surface area contributed by atoms with Crippen molar-refractivity contribution in [2.24, 2.45) is 0 Å². The summed E-state index contributed by atoms with van der Waals surface area (Å²) in [5.41, 5.74) is 1.28. The molecule has 0 bridgehead atoms. The normalized spacial score (nSPS) is 11.7. The third-order valence-electron chi connectivity index (χ3n) is 4.11. The number of halogens is 1. The Morgan fingerprint density at radius 2 is 2.07 bits per heavy atom. The molecule has 8 nitrogen and oxygen atoms in total. The number of thioether (sulfide) groups is 1. The van der Waals surface area contributed by atoms with E-state index < -0.39 is 5.82 Å². The molecule has 1 unspecified atom stereocenters. The first-order chi connectivity index (χ1) is 14.0. The van der Waals surface area contributed by atoms with Crippen LogP contribution in [-0.4, -0.2) is 46.1 Å². The highest BCUT2D eigenvalue weighted by atomic mass is 32.2. The van der Waals surface area contributed by atoms with Gasteiger partial charge in [-0.2, -0.15) is 4.68 Å². The Morgan fingerprint density at radius 3 is 2.79 bits per heavy atom. The lowest BCUT2D eigenvalue weighted by atomic mass is 10.1. The zero-order chi connectivity index (χ0) is 20.8. The van der Waals surface area contributed by atoms with Crippen molar-refractivity contribution in [3.8, 4) is 17.2 Å². The van der Waals surface area contributed by atoms with E-state index in [0.717, 1.165) is 17.3 Å². The van der Waals surface area contributed by atoms with E-state index in [4.69, 9.17) is 9.47 Å². The number of nitrogens with zero attached hydrogens (tertiary/aromatic N) is 4. The van der Waals surface area contributed by atoms with Gasteiger partial charge in [0.1, 0.15) is 17.3 Å². The molecule has 3 rings (SSSR count). The Hall–Kier alpha value is -3.14. The van der Waals surface area contributed by atoms with E-state index >= 15 is 0 Å². The predicted octanol–water partition coefficient (Wildman–Crippen LogP) is 2.79. The van der Waals surface area contributed by atoms with Gasteiger partial charge in [0.05, 0.1) is 31.7 Å². The number of methoxy groups -OCH3 is 2. The van der Waals surface area contributed by atoms with Crippen LogP contribution in [-0.2, 0) is 4.79 Å². The van der Waals surface area contributed by atoms with E-state index in [1.165, 1.54) is 16.8 Å². The summed E-state index contributed by atoms with van der Waals surface area (Å²) in [5, 5.41) is 14.7. The van der Waals surface area contributed by atoms with Crippen LogP contribution in [0.2, 0.25) is 0 Å². The van der Waals surface area contributed by atoms with Crippen molar-refractivity contribution in [2.75, 3.05) is 20.0 Å². The lowest BCUT2D eigenvalue weighted by molar-refractivity contribution is -0.119. The smallest absolute Gasteiger partial charge is 0.230 e. The van der Waals surface area contributed by atoms with Gasteiger partial charge in [-0.3, -0.25) is 4.79 Å². The number of rotatable bonds is 8. The molecule has 0 saturated carbocycles. The SMILES string of the molecule is COc1ccc(OC)c(C(C)NC(=O)CSc2nnnn2-c2cccc(F)c2)c1. The Labute approximate surface area is 171 Å². The number of carbonyl (C=O) groups is 1. The minimum absolute atomic E-state index is 0.0896. The zero-order valence-corrected chi connectivity index (χ0v) is 16.9. The number of hydrogen-bond acceptors (Lipinski definition) is 7. The molecule has 0 fully saturated rings. The van der Waals surface area contributed by atoms with Crippen molar-refractivity contribution in [1.29, 1.82) is 0 Å². The van der Waals surface area contributed by atoms with Crippen LogP contribution in [0.1, 0.15) is 18.5 Å². The van der Waals surface area contributed by atoms with Gasteiger partial charge in [0.15, 0.2) is 0 Å². The first-order valence-electron chi connectivity index (χ1n) is 8.70. The topological polar surface area (TPSA) is 91.2 Å². The van der Waals surface area contributed by atoms with Crippen molar-refractivity contribution in [3.63, 3.8) is 0 Å². The van der Waals surface area contributed by atoms with Gasteiger partial charge in [-0.1, -0.05) is 17.8 Å². The van der Waals surface area contributed by atoms with Gasteiger partial charge in [0, 0.05) is 5.56 Å². The van der Waals surface area contributed by atoms with Crippen molar-refractivity contribution in [2.45, 2.75) is 18.1 Å². The second-order valence-electron chi connectivity index (χ2n) is 6.04. The maximum Gasteiger partial charge on any atom is 0.230 e. The maximum absolute atomic E-state index is 13.5. The van der Waals surface area contributed by atoms with E-state index in [0.29, 0.717) is 22.3 Å². The first kappa shape index (κ1) is 20.6. The molecule has 0 saturated heterocycles. The fraction of sp³-hybridized carbons (Fsp3) is 0.263. The molecule has 2 aromatic carbocycles. The standard InChI is InChI=1S/C19H20FN5O3S/c1-12(16-10-15(27-2)7-8-17(16)28-3)21-18(26)11-29-19-22-23-24-25(19)14-6-4-5-13(20)9-14/h4-10,12H,11H2,1-3H3,(H,21,26). The molecule has 29 heavy (non-hydrogen) atoms. The highest BCUT2D eigenvalue weighted by Gasteiger charge is 2.17. The molecule has 1 amide bonds. The number of carbonyl (C=O) groups excluding carboxylic acids is 1. The molecule has 1 heterocycles. The second-order valence-corrected chi connectivity index (χ2v) is 6.98. The number of benzene rings is 2. The third kappa shape index (κ3) is 5.02. The first-order valence-corrected chi connectivity index (χ1v) is 9.68. The number of tetrazole rings is 1. The monoisotopic (exact) mass is 417 g/mol. The number of amides is 1. The highest BCUT2D eigenvalue weighted by molar-refractivity contribution is 7.99. The van der Waals surface area contributed by atoms with Crippen molar-refractivity contribution in [1.82, 2.24) is 25.5 Å².